The Hall–Kier alpha value is -2.17. The van der Waals surface area contributed by atoms with Crippen LogP contribution in [-0.2, 0) is 14.3 Å². The summed E-state index contributed by atoms with van der Waals surface area (Å²) >= 11 is 0. The van der Waals surface area contributed by atoms with Gasteiger partial charge in [-0.1, -0.05) is 56.0 Å². The van der Waals surface area contributed by atoms with E-state index >= 15 is 0 Å². The first kappa shape index (κ1) is 19.2. The van der Waals surface area contributed by atoms with E-state index in [9.17, 15) is 14.4 Å². The molecular weight excluding hydrogens is 318 g/mol. The standard InChI is InChI=1S/C20H27NO4/c1-15(20(24)21-17-11-7-2-3-8-12-17)25-19(23)14-13-18(22)16-9-5-4-6-10-16/h4-6,9-10,15,17H,2-3,7-8,11-14H2,1H3,(H,21,24)/t15-/m1/s1. The molecule has 1 N–H and O–H groups in total. The Morgan fingerprint density at radius 2 is 1.68 bits per heavy atom. The average molecular weight is 345 g/mol. The smallest absolute Gasteiger partial charge is 0.307 e. The van der Waals surface area contributed by atoms with Crippen molar-refractivity contribution in [3.63, 3.8) is 0 Å². The van der Waals surface area contributed by atoms with E-state index in [1.165, 1.54) is 12.8 Å². The van der Waals surface area contributed by atoms with Crippen molar-refractivity contribution in [2.75, 3.05) is 0 Å². The number of hydrogen-bond acceptors (Lipinski definition) is 4. The van der Waals surface area contributed by atoms with E-state index in [0.29, 0.717) is 5.56 Å². The van der Waals surface area contributed by atoms with E-state index in [1.54, 1.807) is 31.2 Å². The van der Waals surface area contributed by atoms with Crippen molar-refractivity contribution >= 4 is 17.7 Å². The molecule has 1 fully saturated rings. The summed E-state index contributed by atoms with van der Waals surface area (Å²) in [5.41, 5.74) is 0.578. The molecule has 0 radical (unpaired) electrons. The molecule has 1 aliphatic carbocycles. The maximum absolute atomic E-state index is 12.2. The third-order valence-electron chi connectivity index (χ3n) is 4.53. The molecule has 1 saturated carbocycles. The van der Waals surface area contributed by atoms with Crippen LogP contribution in [0.3, 0.4) is 0 Å². The molecule has 0 bridgehead atoms. The highest BCUT2D eigenvalue weighted by Gasteiger charge is 2.22. The van der Waals surface area contributed by atoms with Crippen LogP contribution < -0.4 is 5.32 Å². The molecule has 0 unspecified atom stereocenters. The van der Waals surface area contributed by atoms with Crippen molar-refractivity contribution in [1.29, 1.82) is 0 Å². The van der Waals surface area contributed by atoms with Gasteiger partial charge in [-0.15, -0.1) is 0 Å². The summed E-state index contributed by atoms with van der Waals surface area (Å²) in [5, 5.41) is 2.97. The van der Waals surface area contributed by atoms with Crippen molar-refractivity contribution in [2.45, 2.75) is 70.4 Å². The number of amides is 1. The van der Waals surface area contributed by atoms with E-state index < -0.39 is 12.1 Å². The predicted octanol–water partition coefficient (Wildman–Crippen LogP) is 3.42. The number of nitrogens with one attached hydrogen (secondary N) is 1. The predicted molar refractivity (Wildman–Crippen MR) is 95.2 cm³/mol. The Morgan fingerprint density at radius 1 is 1.04 bits per heavy atom. The van der Waals surface area contributed by atoms with Gasteiger partial charge in [0.1, 0.15) is 0 Å². The number of hydrogen-bond donors (Lipinski definition) is 1. The molecule has 1 aliphatic rings. The van der Waals surface area contributed by atoms with Crippen molar-refractivity contribution in [3.05, 3.63) is 35.9 Å². The zero-order chi connectivity index (χ0) is 18.1. The highest BCUT2D eigenvalue weighted by Crippen LogP contribution is 2.17. The molecular formula is C20H27NO4. The van der Waals surface area contributed by atoms with E-state index in [4.69, 9.17) is 4.74 Å². The molecule has 0 saturated heterocycles. The molecule has 0 heterocycles. The fourth-order valence-corrected chi connectivity index (χ4v) is 3.04. The highest BCUT2D eigenvalue weighted by atomic mass is 16.5. The van der Waals surface area contributed by atoms with Gasteiger partial charge in [0.15, 0.2) is 11.9 Å². The molecule has 1 aromatic carbocycles. The fourth-order valence-electron chi connectivity index (χ4n) is 3.04. The lowest BCUT2D eigenvalue weighted by Crippen LogP contribution is -2.41. The van der Waals surface area contributed by atoms with Gasteiger partial charge in [0.05, 0.1) is 6.42 Å². The van der Waals surface area contributed by atoms with Crippen molar-refractivity contribution in [1.82, 2.24) is 5.32 Å². The van der Waals surface area contributed by atoms with Crippen LogP contribution in [0, 0.1) is 0 Å². The lowest BCUT2D eigenvalue weighted by Gasteiger charge is -2.19. The quantitative estimate of drug-likeness (QED) is 0.467. The minimum atomic E-state index is -0.831. The lowest BCUT2D eigenvalue weighted by molar-refractivity contribution is -0.155. The molecule has 25 heavy (non-hydrogen) atoms. The maximum Gasteiger partial charge on any atom is 0.307 e. The normalized spacial score (nSPS) is 16.5. The monoisotopic (exact) mass is 345 g/mol. The molecule has 136 valence electrons. The van der Waals surface area contributed by atoms with Gasteiger partial charge in [-0.2, -0.15) is 0 Å². The number of esters is 1. The number of carbonyl (C=O) groups excluding carboxylic acids is 3. The third kappa shape index (κ3) is 6.69. The Morgan fingerprint density at radius 3 is 2.32 bits per heavy atom. The topological polar surface area (TPSA) is 72.5 Å². The van der Waals surface area contributed by atoms with Crippen LogP contribution in [-0.4, -0.2) is 29.8 Å². The second-order valence-electron chi connectivity index (χ2n) is 6.62. The summed E-state index contributed by atoms with van der Waals surface area (Å²) in [6, 6.07) is 9.01. The number of Topliss-reactive ketones (excluding diaryl/α,β-unsaturated/α-hetero) is 1. The molecule has 0 spiro atoms. The number of carbonyl (C=O) groups is 3. The maximum atomic E-state index is 12.2. The molecule has 2 rings (SSSR count). The molecule has 5 heteroatoms. The van der Waals surface area contributed by atoms with Gasteiger partial charge in [0, 0.05) is 18.0 Å². The van der Waals surface area contributed by atoms with Gasteiger partial charge < -0.3 is 10.1 Å². The fraction of sp³-hybridized carbons (Fsp3) is 0.550. The van der Waals surface area contributed by atoms with E-state index in [1.807, 2.05) is 6.07 Å². The molecule has 1 amide bonds. The van der Waals surface area contributed by atoms with Gasteiger partial charge in [-0.25, -0.2) is 0 Å². The second-order valence-corrected chi connectivity index (χ2v) is 6.62. The first-order chi connectivity index (χ1) is 12.1. The van der Waals surface area contributed by atoms with Crippen LogP contribution in [0.4, 0.5) is 0 Å². The van der Waals surface area contributed by atoms with Gasteiger partial charge in [0.2, 0.25) is 0 Å². The summed E-state index contributed by atoms with van der Waals surface area (Å²) < 4.78 is 5.17. The summed E-state index contributed by atoms with van der Waals surface area (Å²) in [6.45, 7) is 1.57. The summed E-state index contributed by atoms with van der Waals surface area (Å²) in [5.74, 6) is -0.879. The van der Waals surface area contributed by atoms with Crippen molar-refractivity contribution in [3.8, 4) is 0 Å². The average Bonchev–Trinajstić information content (AvgIpc) is 2.89. The van der Waals surface area contributed by atoms with Crippen LogP contribution in [0.25, 0.3) is 0 Å². The van der Waals surface area contributed by atoms with E-state index in [-0.39, 0.29) is 30.6 Å². The zero-order valence-electron chi connectivity index (χ0n) is 14.8. The van der Waals surface area contributed by atoms with E-state index in [0.717, 1.165) is 25.7 Å². The Labute approximate surface area is 149 Å². The van der Waals surface area contributed by atoms with Gasteiger partial charge >= 0.3 is 5.97 Å². The summed E-state index contributed by atoms with van der Waals surface area (Å²) in [6.07, 6.45) is 5.88. The van der Waals surface area contributed by atoms with Crippen molar-refractivity contribution < 1.29 is 19.1 Å². The minimum absolute atomic E-state index is 0.0191. The summed E-state index contributed by atoms with van der Waals surface area (Å²) in [4.78, 5) is 36.0. The van der Waals surface area contributed by atoms with Gasteiger partial charge in [0.25, 0.3) is 5.91 Å². The first-order valence-electron chi connectivity index (χ1n) is 9.14. The number of ketones is 1. The van der Waals surface area contributed by atoms with Crippen LogP contribution in [0.5, 0.6) is 0 Å². The van der Waals surface area contributed by atoms with E-state index in [2.05, 4.69) is 5.32 Å². The zero-order valence-corrected chi connectivity index (χ0v) is 14.8. The minimum Gasteiger partial charge on any atom is -0.453 e. The highest BCUT2D eigenvalue weighted by molar-refractivity contribution is 5.97. The second kappa shape index (κ2) is 9.97. The first-order valence-corrected chi connectivity index (χ1v) is 9.14. The Bertz CT molecular complexity index is 577. The van der Waals surface area contributed by atoms with Crippen LogP contribution >= 0.6 is 0 Å². The molecule has 1 aromatic rings. The lowest BCUT2D eigenvalue weighted by atomic mass is 10.1. The molecule has 0 aliphatic heterocycles. The third-order valence-corrected chi connectivity index (χ3v) is 4.53. The Kier molecular flexibility index (Phi) is 7.64. The molecule has 1 atom stereocenters. The number of benzene rings is 1. The van der Waals surface area contributed by atoms with Crippen LogP contribution in [0.2, 0.25) is 0 Å². The Balaban J connectivity index is 1.71. The number of rotatable bonds is 7. The summed E-state index contributed by atoms with van der Waals surface area (Å²) in [7, 11) is 0. The van der Waals surface area contributed by atoms with Crippen molar-refractivity contribution in [2.24, 2.45) is 0 Å². The molecule has 0 aromatic heterocycles. The van der Waals surface area contributed by atoms with Crippen LogP contribution in [0.1, 0.15) is 68.6 Å². The SMILES string of the molecule is C[C@@H](OC(=O)CCC(=O)c1ccccc1)C(=O)NC1CCCCCC1. The molecule has 5 nitrogen and oxygen atoms in total. The van der Waals surface area contributed by atoms with Gasteiger partial charge in [-0.3, -0.25) is 14.4 Å². The van der Waals surface area contributed by atoms with Crippen LogP contribution in [0.15, 0.2) is 30.3 Å². The van der Waals surface area contributed by atoms with Gasteiger partial charge in [-0.05, 0) is 19.8 Å². The largest absolute Gasteiger partial charge is 0.453 e. The number of ether oxygens (including phenoxy) is 1.